The maximum atomic E-state index is 5.28. The predicted octanol–water partition coefficient (Wildman–Crippen LogP) is 2.87. The lowest BCUT2D eigenvalue weighted by Gasteiger charge is -2.06. The molecule has 0 saturated heterocycles. The minimum atomic E-state index is 0.814. The molecule has 0 spiro atoms. The number of methoxy groups -OCH3 is 1. The topological polar surface area (TPSA) is 35.0 Å². The van der Waals surface area contributed by atoms with Gasteiger partial charge in [-0.1, -0.05) is 12.1 Å². The van der Waals surface area contributed by atoms with Crippen molar-refractivity contribution in [2.45, 2.75) is 5.03 Å². The van der Waals surface area contributed by atoms with Crippen LogP contribution in [0.2, 0.25) is 0 Å². The Morgan fingerprint density at radius 1 is 1.06 bits per heavy atom. The molecule has 0 bridgehead atoms. The van der Waals surface area contributed by atoms with Crippen molar-refractivity contribution < 1.29 is 4.74 Å². The first-order chi connectivity index (χ1) is 7.85. The van der Waals surface area contributed by atoms with Crippen LogP contribution < -0.4 is 4.74 Å². The zero-order valence-corrected chi connectivity index (χ0v) is 9.99. The molecule has 1 aromatic heterocycles. The van der Waals surface area contributed by atoms with Gasteiger partial charge >= 0.3 is 0 Å². The number of ether oxygens (including phenoxy) is 1. The van der Waals surface area contributed by atoms with Crippen molar-refractivity contribution >= 4 is 11.8 Å². The van der Waals surface area contributed by atoms with Crippen LogP contribution in [0.4, 0.5) is 0 Å². The molecule has 0 saturated carbocycles. The summed E-state index contributed by atoms with van der Waals surface area (Å²) in [5.74, 6) is 0.814. The number of nitrogens with zero attached hydrogens (tertiary/aromatic N) is 2. The van der Waals surface area contributed by atoms with Crippen LogP contribution in [0.15, 0.2) is 41.4 Å². The van der Waals surface area contributed by atoms with Crippen molar-refractivity contribution in [1.29, 1.82) is 0 Å². The number of hydrogen-bond donors (Lipinski definition) is 0. The fourth-order valence-electron chi connectivity index (χ4n) is 1.43. The van der Waals surface area contributed by atoms with Crippen LogP contribution in [-0.4, -0.2) is 23.6 Å². The standard InChI is InChI=1S/C12H12N2OS/c1-15-11-6-4-3-5-9(11)10-7-8-12(16-2)14-13-10/h3-8H,1-2H3. The number of thioether (sulfide) groups is 1. The highest BCUT2D eigenvalue weighted by atomic mass is 32.2. The van der Waals surface area contributed by atoms with Gasteiger partial charge in [-0.15, -0.1) is 22.0 Å². The fraction of sp³-hybridized carbons (Fsp3) is 0.167. The summed E-state index contributed by atoms with van der Waals surface area (Å²) in [6, 6.07) is 11.7. The largest absolute Gasteiger partial charge is 0.496 e. The van der Waals surface area contributed by atoms with Gasteiger partial charge in [-0.05, 0) is 30.5 Å². The van der Waals surface area contributed by atoms with E-state index in [0.717, 1.165) is 22.0 Å². The van der Waals surface area contributed by atoms with Crippen LogP contribution in [0.5, 0.6) is 5.75 Å². The first-order valence-corrected chi connectivity index (χ1v) is 6.08. The quantitative estimate of drug-likeness (QED) is 0.762. The number of para-hydroxylation sites is 1. The smallest absolute Gasteiger partial charge is 0.128 e. The normalized spacial score (nSPS) is 10.1. The molecule has 2 rings (SSSR count). The van der Waals surface area contributed by atoms with Crippen LogP contribution in [0.3, 0.4) is 0 Å². The molecular formula is C12H12N2OS. The molecule has 1 heterocycles. The molecule has 0 aliphatic heterocycles. The van der Waals surface area contributed by atoms with Crippen LogP contribution in [-0.2, 0) is 0 Å². The lowest BCUT2D eigenvalue weighted by molar-refractivity contribution is 0.416. The van der Waals surface area contributed by atoms with E-state index in [1.54, 1.807) is 18.9 Å². The maximum Gasteiger partial charge on any atom is 0.128 e. The molecule has 0 N–H and O–H groups in total. The molecular weight excluding hydrogens is 220 g/mol. The van der Waals surface area contributed by atoms with E-state index in [2.05, 4.69) is 10.2 Å². The van der Waals surface area contributed by atoms with Crippen molar-refractivity contribution in [2.24, 2.45) is 0 Å². The van der Waals surface area contributed by atoms with Gasteiger partial charge in [-0.2, -0.15) is 0 Å². The molecule has 0 fully saturated rings. The third-order valence-electron chi connectivity index (χ3n) is 2.23. The van der Waals surface area contributed by atoms with Crippen LogP contribution in [0.1, 0.15) is 0 Å². The molecule has 82 valence electrons. The third kappa shape index (κ3) is 2.17. The summed E-state index contributed by atoms with van der Waals surface area (Å²) in [7, 11) is 1.66. The predicted molar refractivity (Wildman–Crippen MR) is 65.8 cm³/mol. The Kier molecular flexibility index (Phi) is 3.41. The highest BCUT2D eigenvalue weighted by molar-refractivity contribution is 7.98. The highest BCUT2D eigenvalue weighted by Gasteiger charge is 2.06. The summed E-state index contributed by atoms with van der Waals surface area (Å²) in [5, 5.41) is 9.20. The number of benzene rings is 1. The SMILES string of the molecule is COc1ccccc1-c1ccc(SC)nn1. The second kappa shape index (κ2) is 4.99. The van der Waals surface area contributed by atoms with Crippen molar-refractivity contribution in [3.63, 3.8) is 0 Å². The van der Waals surface area contributed by atoms with E-state index in [0.29, 0.717) is 0 Å². The molecule has 2 aromatic rings. The summed E-state index contributed by atoms with van der Waals surface area (Å²) in [5.41, 5.74) is 1.79. The summed E-state index contributed by atoms with van der Waals surface area (Å²) in [6.07, 6.45) is 1.98. The lowest BCUT2D eigenvalue weighted by atomic mass is 10.1. The number of rotatable bonds is 3. The Labute approximate surface area is 98.9 Å². The van der Waals surface area contributed by atoms with Crippen LogP contribution >= 0.6 is 11.8 Å². The summed E-state index contributed by atoms with van der Waals surface area (Å²) in [6.45, 7) is 0. The molecule has 0 radical (unpaired) electrons. The average Bonchev–Trinajstić information content (AvgIpc) is 2.39. The first kappa shape index (κ1) is 11.0. The van der Waals surface area contributed by atoms with Crippen molar-refractivity contribution in [3.8, 4) is 17.0 Å². The molecule has 0 aliphatic rings. The lowest BCUT2D eigenvalue weighted by Crippen LogP contribution is -1.92. The van der Waals surface area contributed by atoms with Gasteiger partial charge in [-0.25, -0.2) is 0 Å². The third-order valence-corrected chi connectivity index (χ3v) is 2.87. The summed E-state index contributed by atoms with van der Waals surface area (Å²) in [4.78, 5) is 0. The van der Waals surface area contributed by atoms with E-state index in [4.69, 9.17) is 4.74 Å². The monoisotopic (exact) mass is 232 g/mol. The van der Waals surface area contributed by atoms with E-state index in [1.807, 2.05) is 42.7 Å². The van der Waals surface area contributed by atoms with Crippen LogP contribution in [0, 0.1) is 0 Å². The van der Waals surface area contributed by atoms with E-state index in [1.165, 1.54) is 0 Å². The van der Waals surface area contributed by atoms with Crippen molar-refractivity contribution in [2.75, 3.05) is 13.4 Å². The highest BCUT2D eigenvalue weighted by Crippen LogP contribution is 2.27. The molecule has 3 nitrogen and oxygen atoms in total. The second-order valence-corrected chi connectivity index (χ2v) is 3.99. The van der Waals surface area contributed by atoms with Gasteiger partial charge in [0.05, 0.1) is 12.8 Å². The van der Waals surface area contributed by atoms with Crippen molar-refractivity contribution in [1.82, 2.24) is 10.2 Å². The molecule has 0 unspecified atom stereocenters. The summed E-state index contributed by atoms with van der Waals surface area (Å²) < 4.78 is 5.28. The Bertz CT molecular complexity index is 471. The van der Waals surface area contributed by atoms with Gasteiger partial charge in [0.15, 0.2) is 0 Å². The fourth-order valence-corrected chi connectivity index (χ4v) is 1.76. The van der Waals surface area contributed by atoms with E-state index in [9.17, 15) is 0 Å². The van der Waals surface area contributed by atoms with Gasteiger partial charge in [0, 0.05) is 5.56 Å². The van der Waals surface area contributed by atoms with E-state index in [-0.39, 0.29) is 0 Å². The van der Waals surface area contributed by atoms with Gasteiger partial charge in [-0.3, -0.25) is 0 Å². The Balaban J connectivity index is 2.42. The first-order valence-electron chi connectivity index (χ1n) is 4.86. The Hall–Kier alpha value is -1.55. The second-order valence-electron chi connectivity index (χ2n) is 3.16. The minimum Gasteiger partial charge on any atom is -0.496 e. The summed E-state index contributed by atoms with van der Waals surface area (Å²) >= 11 is 1.58. The van der Waals surface area contributed by atoms with Crippen LogP contribution in [0.25, 0.3) is 11.3 Å². The van der Waals surface area contributed by atoms with Gasteiger partial charge in [0.1, 0.15) is 10.8 Å². The molecule has 0 amide bonds. The van der Waals surface area contributed by atoms with E-state index >= 15 is 0 Å². The molecule has 4 heteroatoms. The maximum absolute atomic E-state index is 5.28. The zero-order valence-electron chi connectivity index (χ0n) is 9.18. The molecule has 0 aliphatic carbocycles. The Morgan fingerprint density at radius 3 is 2.50 bits per heavy atom. The molecule has 0 atom stereocenters. The molecule has 1 aromatic carbocycles. The number of hydrogen-bond acceptors (Lipinski definition) is 4. The van der Waals surface area contributed by atoms with Gasteiger partial charge in [0.25, 0.3) is 0 Å². The Morgan fingerprint density at radius 2 is 1.88 bits per heavy atom. The average molecular weight is 232 g/mol. The molecule has 16 heavy (non-hydrogen) atoms. The van der Waals surface area contributed by atoms with Gasteiger partial charge in [0.2, 0.25) is 0 Å². The van der Waals surface area contributed by atoms with Crippen molar-refractivity contribution in [3.05, 3.63) is 36.4 Å². The van der Waals surface area contributed by atoms with Gasteiger partial charge < -0.3 is 4.74 Å². The minimum absolute atomic E-state index is 0.814. The zero-order chi connectivity index (χ0) is 11.4. The van der Waals surface area contributed by atoms with E-state index < -0.39 is 0 Å². The number of aromatic nitrogens is 2.